The van der Waals surface area contributed by atoms with Crippen molar-refractivity contribution < 1.29 is 14.3 Å². The van der Waals surface area contributed by atoms with Crippen LogP contribution in [0.1, 0.15) is 32.5 Å². The summed E-state index contributed by atoms with van der Waals surface area (Å²) in [4.78, 5) is 30.8. The molecule has 0 saturated carbocycles. The van der Waals surface area contributed by atoms with E-state index in [1.54, 1.807) is 17.6 Å². The minimum absolute atomic E-state index is 0.0269. The highest BCUT2D eigenvalue weighted by atomic mass is 32.1. The Bertz CT molecular complexity index is 738. The Hall–Kier alpha value is -2.25. The molecule has 2 aromatic rings. The van der Waals surface area contributed by atoms with Gasteiger partial charge in [-0.1, -0.05) is 6.07 Å². The molecular formula is C17H19N3O3S. The van der Waals surface area contributed by atoms with E-state index >= 15 is 0 Å². The molecule has 6 nitrogen and oxygen atoms in total. The monoisotopic (exact) mass is 345 g/mol. The second-order valence-corrected chi connectivity index (χ2v) is 6.44. The highest BCUT2D eigenvalue weighted by Gasteiger charge is 2.17. The molecule has 1 fully saturated rings. The molecule has 1 saturated heterocycles. The van der Waals surface area contributed by atoms with Gasteiger partial charge in [-0.2, -0.15) is 0 Å². The maximum absolute atomic E-state index is 12.3. The van der Waals surface area contributed by atoms with Crippen LogP contribution >= 0.6 is 11.3 Å². The number of thiophene rings is 1. The van der Waals surface area contributed by atoms with Gasteiger partial charge in [0.1, 0.15) is 5.82 Å². The summed E-state index contributed by atoms with van der Waals surface area (Å²) in [5.41, 5.74) is 1.48. The molecule has 1 aliphatic rings. The fourth-order valence-corrected chi connectivity index (χ4v) is 3.34. The van der Waals surface area contributed by atoms with Gasteiger partial charge >= 0.3 is 0 Å². The number of carbonyl (C=O) groups excluding carboxylic acids is 2. The lowest BCUT2D eigenvalue weighted by Crippen LogP contribution is -2.37. The minimum Gasteiger partial charge on any atom is -0.378 e. The molecule has 1 amide bonds. The summed E-state index contributed by atoms with van der Waals surface area (Å²) in [5, 5.41) is 4.61. The predicted molar refractivity (Wildman–Crippen MR) is 92.8 cm³/mol. The molecule has 0 radical (unpaired) electrons. The van der Waals surface area contributed by atoms with Crippen molar-refractivity contribution in [3.8, 4) is 0 Å². The van der Waals surface area contributed by atoms with E-state index in [-0.39, 0.29) is 11.7 Å². The zero-order chi connectivity index (χ0) is 16.9. The Kier molecular flexibility index (Phi) is 5.22. The van der Waals surface area contributed by atoms with Gasteiger partial charge in [-0.25, -0.2) is 4.98 Å². The second kappa shape index (κ2) is 7.55. The first-order valence-electron chi connectivity index (χ1n) is 7.79. The van der Waals surface area contributed by atoms with Gasteiger partial charge in [-0.3, -0.25) is 9.59 Å². The lowest BCUT2D eigenvalue weighted by atomic mass is 10.2. The van der Waals surface area contributed by atoms with Gasteiger partial charge in [-0.05, 0) is 19.1 Å². The van der Waals surface area contributed by atoms with E-state index < -0.39 is 0 Å². The van der Waals surface area contributed by atoms with E-state index in [0.717, 1.165) is 24.5 Å². The van der Waals surface area contributed by atoms with Crippen LogP contribution in [0.15, 0.2) is 29.8 Å². The molecule has 3 heterocycles. The van der Waals surface area contributed by atoms with Crippen LogP contribution < -0.4 is 10.2 Å². The number of aromatic nitrogens is 1. The average Bonchev–Trinajstić information content (AvgIpc) is 3.11. The number of hydrogen-bond acceptors (Lipinski definition) is 6. The lowest BCUT2D eigenvalue weighted by Gasteiger charge is -2.29. The molecule has 2 aromatic heterocycles. The summed E-state index contributed by atoms with van der Waals surface area (Å²) in [6.07, 6.45) is 1.76. The molecule has 24 heavy (non-hydrogen) atoms. The van der Waals surface area contributed by atoms with Crippen LogP contribution in [0.25, 0.3) is 0 Å². The number of ketones is 1. The summed E-state index contributed by atoms with van der Waals surface area (Å²) in [7, 11) is 0. The first-order chi connectivity index (χ1) is 11.6. The highest BCUT2D eigenvalue weighted by Crippen LogP contribution is 2.19. The number of carbonyl (C=O) groups is 2. The molecule has 3 rings (SSSR count). The van der Waals surface area contributed by atoms with Crippen LogP contribution in [-0.2, 0) is 11.3 Å². The van der Waals surface area contributed by atoms with Crippen molar-refractivity contribution in [3.63, 3.8) is 0 Å². The summed E-state index contributed by atoms with van der Waals surface area (Å²) < 4.78 is 5.37. The number of nitrogens with zero attached hydrogens (tertiary/aromatic N) is 2. The molecule has 126 valence electrons. The highest BCUT2D eigenvalue weighted by molar-refractivity contribution is 7.12. The Balaban J connectivity index is 1.67. The van der Waals surface area contributed by atoms with E-state index in [2.05, 4.69) is 15.2 Å². The third-order valence-corrected chi connectivity index (χ3v) is 4.86. The molecule has 0 bridgehead atoms. The number of anilines is 1. The average molecular weight is 345 g/mol. The number of amides is 1. The fraction of sp³-hybridized carbons (Fsp3) is 0.353. The molecule has 0 atom stereocenters. The van der Waals surface area contributed by atoms with E-state index in [9.17, 15) is 9.59 Å². The Morgan fingerprint density at radius 3 is 2.88 bits per heavy atom. The van der Waals surface area contributed by atoms with E-state index in [4.69, 9.17) is 4.74 Å². The van der Waals surface area contributed by atoms with Crippen molar-refractivity contribution in [1.29, 1.82) is 0 Å². The number of Topliss-reactive ketones (excluding diaryl/α,β-unsaturated/α-hetero) is 1. The third kappa shape index (κ3) is 3.80. The van der Waals surface area contributed by atoms with Crippen molar-refractivity contribution in [1.82, 2.24) is 10.3 Å². The van der Waals surface area contributed by atoms with Crippen LogP contribution in [-0.4, -0.2) is 43.0 Å². The predicted octanol–water partition coefficient (Wildman–Crippen LogP) is 2.11. The lowest BCUT2D eigenvalue weighted by molar-refractivity contribution is 0.0951. The molecule has 7 heteroatoms. The molecule has 0 unspecified atom stereocenters. The zero-order valence-corrected chi connectivity index (χ0v) is 14.3. The van der Waals surface area contributed by atoms with Gasteiger partial charge in [0, 0.05) is 36.8 Å². The molecule has 1 N–H and O–H groups in total. The van der Waals surface area contributed by atoms with Crippen molar-refractivity contribution in [2.75, 3.05) is 31.2 Å². The SMILES string of the molecule is CC(=O)c1cc(C(=O)NCc2cccnc2N2CCOCC2)cs1. The molecular weight excluding hydrogens is 326 g/mol. The smallest absolute Gasteiger partial charge is 0.252 e. The number of rotatable bonds is 5. The normalized spacial score (nSPS) is 14.5. The zero-order valence-electron chi connectivity index (χ0n) is 13.4. The Morgan fingerprint density at radius 2 is 2.17 bits per heavy atom. The number of nitrogens with one attached hydrogen (secondary N) is 1. The van der Waals surface area contributed by atoms with Gasteiger partial charge in [0.2, 0.25) is 0 Å². The van der Waals surface area contributed by atoms with Crippen LogP contribution in [0.2, 0.25) is 0 Å². The largest absolute Gasteiger partial charge is 0.378 e. The van der Waals surface area contributed by atoms with E-state index in [1.807, 2.05) is 12.1 Å². The fourth-order valence-electron chi connectivity index (χ4n) is 2.55. The van der Waals surface area contributed by atoms with Crippen molar-refractivity contribution in [3.05, 3.63) is 45.8 Å². The van der Waals surface area contributed by atoms with Gasteiger partial charge in [0.15, 0.2) is 5.78 Å². The molecule has 0 aliphatic carbocycles. The Labute approximate surface area is 144 Å². The first-order valence-corrected chi connectivity index (χ1v) is 8.67. The van der Waals surface area contributed by atoms with Gasteiger partial charge in [-0.15, -0.1) is 11.3 Å². The van der Waals surface area contributed by atoms with Crippen LogP contribution in [0.3, 0.4) is 0 Å². The Morgan fingerprint density at radius 1 is 1.38 bits per heavy atom. The van der Waals surface area contributed by atoms with Gasteiger partial charge < -0.3 is 15.0 Å². The van der Waals surface area contributed by atoms with Crippen LogP contribution in [0.4, 0.5) is 5.82 Å². The third-order valence-electron chi connectivity index (χ3n) is 3.83. The van der Waals surface area contributed by atoms with Crippen LogP contribution in [0, 0.1) is 0 Å². The van der Waals surface area contributed by atoms with E-state index in [1.165, 1.54) is 18.3 Å². The quantitative estimate of drug-likeness (QED) is 0.841. The minimum atomic E-state index is -0.185. The maximum Gasteiger partial charge on any atom is 0.252 e. The standard InChI is InChI=1S/C17H19N3O3S/c1-12(21)15-9-14(11-24-15)17(22)19-10-13-3-2-4-18-16(13)20-5-7-23-8-6-20/h2-4,9,11H,5-8,10H2,1H3,(H,19,22). The first kappa shape index (κ1) is 16.6. The van der Waals surface area contributed by atoms with Crippen molar-refractivity contribution in [2.24, 2.45) is 0 Å². The molecule has 1 aliphatic heterocycles. The topological polar surface area (TPSA) is 71.5 Å². The summed E-state index contributed by atoms with van der Waals surface area (Å²) in [6.45, 7) is 4.85. The number of ether oxygens (including phenoxy) is 1. The van der Waals surface area contributed by atoms with Gasteiger partial charge in [0.25, 0.3) is 5.91 Å². The van der Waals surface area contributed by atoms with Crippen molar-refractivity contribution >= 4 is 28.8 Å². The number of pyridine rings is 1. The summed E-state index contributed by atoms with van der Waals surface area (Å²) in [6, 6.07) is 5.46. The number of morpholine rings is 1. The van der Waals surface area contributed by atoms with E-state index in [0.29, 0.717) is 30.2 Å². The summed E-state index contributed by atoms with van der Waals surface area (Å²) >= 11 is 1.29. The van der Waals surface area contributed by atoms with Crippen LogP contribution in [0.5, 0.6) is 0 Å². The second-order valence-electron chi connectivity index (χ2n) is 5.52. The summed E-state index contributed by atoms with van der Waals surface area (Å²) in [5.74, 6) is 0.673. The molecule has 0 spiro atoms. The maximum atomic E-state index is 12.3. The van der Waals surface area contributed by atoms with Crippen molar-refractivity contribution in [2.45, 2.75) is 13.5 Å². The van der Waals surface area contributed by atoms with Gasteiger partial charge in [0.05, 0.1) is 23.7 Å². The number of hydrogen-bond donors (Lipinski definition) is 1. The molecule has 0 aromatic carbocycles.